The van der Waals surface area contributed by atoms with Crippen molar-refractivity contribution in [3.8, 4) is 11.6 Å². The standard InChI is InChI=1S/C16H21N3O/c1-6-13-18-15(17)12(5)16(19-13)20-14-10(3)8-7-9(2)11(14)4/h7-8H,6H2,1-5H3,(H2,17,18,19). The number of benzene rings is 1. The summed E-state index contributed by atoms with van der Waals surface area (Å²) in [6, 6.07) is 4.15. The molecule has 0 unspecified atom stereocenters. The lowest BCUT2D eigenvalue weighted by Gasteiger charge is -2.15. The zero-order valence-corrected chi connectivity index (χ0v) is 12.7. The van der Waals surface area contributed by atoms with E-state index < -0.39 is 0 Å². The van der Waals surface area contributed by atoms with Gasteiger partial charge in [0.25, 0.3) is 0 Å². The number of nitrogens with zero attached hydrogens (tertiary/aromatic N) is 2. The predicted octanol–water partition coefficient (Wildman–Crippen LogP) is 3.65. The normalized spacial score (nSPS) is 10.7. The van der Waals surface area contributed by atoms with E-state index in [-0.39, 0.29) is 0 Å². The summed E-state index contributed by atoms with van der Waals surface area (Å²) in [5.41, 5.74) is 10.1. The summed E-state index contributed by atoms with van der Waals surface area (Å²) in [5, 5.41) is 0. The lowest BCUT2D eigenvalue weighted by Crippen LogP contribution is -2.05. The molecule has 0 atom stereocenters. The first-order valence-electron chi connectivity index (χ1n) is 6.81. The summed E-state index contributed by atoms with van der Waals surface area (Å²) in [6.07, 6.45) is 0.729. The van der Waals surface area contributed by atoms with Gasteiger partial charge in [0.05, 0.1) is 5.56 Å². The molecule has 0 saturated carbocycles. The third kappa shape index (κ3) is 2.59. The second-order valence-corrected chi connectivity index (χ2v) is 5.06. The van der Waals surface area contributed by atoms with Gasteiger partial charge in [-0.25, -0.2) is 4.98 Å². The quantitative estimate of drug-likeness (QED) is 0.925. The van der Waals surface area contributed by atoms with Crippen LogP contribution in [0.1, 0.15) is 35.0 Å². The zero-order valence-electron chi connectivity index (χ0n) is 12.7. The predicted molar refractivity (Wildman–Crippen MR) is 81.3 cm³/mol. The molecule has 4 nitrogen and oxygen atoms in total. The Bertz CT molecular complexity index is 651. The highest BCUT2D eigenvalue weighted by atomic mass is 16.5. The van der Waals surface area contributed by atoms with E-state index in [1.54, 1.807) is 0 Å². The zero-order chi connectivity index (χ0) is 14.9. The Morgan fingerprint density at radius 2 is 1.65 bits per heavy atom. The Morgan fingerprint density at radius 3 is 2.30 bits per heavy atom. The number of nitrogen functional groups attached to an aromatic ring is 1. The van der Waals surface area contributed by atoms with Crippen LogP contribution in [0.5, 0.6) is 11.6 Å². The average Bonchev–Trinajstić information content (AvgIpc) is 2.43. The van der Waals surface area contributed by atoms with Crippen molar-refractivity contribution < 1.29 is 4.74 Å². The molecule has 0 amide bonds. The van der Waals surface area contributed by atoms with Crippen LogP contribution in [0.2, 0.25) is 0 Å². The Morgan fingerprint density at radius 1 is 1.00 bits per heavy atom. The maximum absolute atomic E-state index is 6.04. The minimum atomic E-state index is 0.481. The molecule has 0 spiro atoms. The Hall–Kier alpha value is -2.10. The molecule has 1 heterocycles. The number of nitrogens with two attached hydrogens (primary N) is 1. The SMILES string of the molecule is CCc1nc(N)c(C)c(Oc2c(C)ccc(C)c2C)n1. The van der Waals surface area contributed by atoms with E-state index in [2.05, 4.69) is 35.9 Å². The van der Waals surface area contributed by atoms with Crippen molar-refractivity contribution in [1.82, 2.24) is 9.97 Å². The number of ether oxygens (including phenoxy) is 1. The number of hydrogen-bond donors (Lipinski definition) is 1. The van der Waals surface area contributed by atoms with Crippen molar-refractivity contribution >= 4 is 5.82 Å². The third-order valence-corrected chi connectivity index (χ3v) is 3.57. The second kappa shape index (κ2) is 5.49. The van der Waals surface area contributed by atoms with Crippen LogP contribution in [0.3, 0.4) is 0 Å². The number of anilines is 1. The lowest BCUT2D eigenvalue weighted by atomic mass is 10.1. The van der Waals surface area contributed by atoms with Crippen molar-refractivity contribution in [2.24, 2.45) is 0 Å². The van der Waals surface area contributed by atoms with Gasteiger partial charge in [0.15, 0.2) is 0 Å². The van der Waals surface area contributed by atoms with Crippen LogP contribution in [-0.4, -0.2) is 9.97 Å². The number of aromatic nitrogens is 2. The van der Waals surface area contributed by atoms with Gasteiger partial charge >= 0.3 is 0 Å². The molecule has 2 aromatic rings. The molecule has 1 aromatic carbocycles. The molecule has 0 saturated heterocycles. The van der Waals surface area contributed by atoms with E-state index in [9.17, 15) is 0 Å². The van der Waals surface area contributed by atoms with E-state index in [1.165, 1.54) is 5.56 Å². The van der Waals surface area contributed by atoms with Crippen molar-refractivity contribution in [1.29, 1.82) is 0 Å². The maximum Gasteiger partial charge on any atom is 0.227 e. The fourth-order valence-electron chi connectivity index (χ4n) is 2.00. The fraction of sp³-hybridized carbons (Fsp3) is 0.375. The molecule has 1 aromatic heterocycles. The Kier molecular flexibility index (Phi) is 3.93. The number of aryl methyl sites for hydroxylation is 3. The van der Waals surface area contributed by atoms with Crippen LogP contribution < -0.4 is 10.5 Å². The van der Waals surface area contributed by atoms with E-state index in [4.69, 9.17) is 10.5 Å². The molecule has 2 rings (SSSR count). The van der Waals surface area contributed by atoms with Crippen LogP contribution in [0, 0.1) is 27.7 Å². The largest absolute Gasteiger partial charge is 0.438 e. The van der Waals surface area contributed by atoms with Crippen molar-refractivity contribution in [2.45, 2.75) is 41.0 Å². The van der Waals surface area contributed by atoms with Gasteiger partial charge < -0.3 is 10.5 Å². The van der Waals surface area contributed by atoms with Gasteiger partial charge in [-0.2, -0.15) is 4.98 Å². The molecular weight excluding hydrogens is 250 g/mol. The second-order valence-electron chi connectivity index (χ2n) is 5.06. The molecule has 4 heteroatoms. The van der Waals surface area contributed by atoms with Crippen LogP contribution in [-0.2, 0) is 6.42 Å². The maximum atomic E-state index is 6.04. The topological polar surface area (TPSA) is 61.0 Å². The molecule has 0 aliphatic heterocycles. The highest BCUT2D eigenvalue weighted by Gasteiger charge is 2.13. The van der Waals surface area contributed by atoms with E-state index >= 15 is 0 Å². The lowest BCUT2D eigenvalue weighted by molar-refractivity contribution is 0.448. The highest BCUT2D eigenvalue weighted by molar-refractivity contribution is 5.50. The van der Waals surface area contributed by atoms with Gasteiger partial charge in [0, 0.05) is 6.42 Å². The molecule has 20 heavy (non-hydrogen) atoms. The van der Waals surface area contributed by atoms with Crippen LogP contribution in [0.25, 0.3) is 0 Å². The molecule has 0 radical (unpaired) electrons. The monoisotopic (exact) mass is 271 g/mol. The van der Waals surface area contributed by atoms with Crippen LogP contribution >= 0.6 is 0 Å². The van der Waals surface area contributed by atoms with Crippen molar-refractivity contribution in [3.05, 3.63) is 40.2 Å². The van der Waals surface area contributed by atoms with Gasteiger partial charge in [-0.15, -0.1) is 0 Å². The first-order valence-corrected chi connectivity index (χ1v) is 6.81. The van der Waals surface area contributed by atoms with Crippen molar-refractivity contribution in [2.75, 3.05) is 5.73 Å². The van der Waals surface area contributed by atoms with E-state index in [1.807, 2.05) is 20.8 Å². The number of rotatable bonds is 3. The Balaban J connectivity index is 2.50. The molecule has 0 fully saturated rings. The fourth-order valence-corrected chi connectivity index (χ4v) is 2.00. The van der Waals surface area contributed by atoms with Crippen LogP contribution in [0.15, 0.2) is 12.1 Å². The summed E-state index contributed by atoms with van der Waals surface area (Å²) in [4.78, 5) is 8.69. The van der Waals surface area contributed by atoms with Gasteiger partial charge in [-0.05, 0) is 44.4 Å². The van der Waals surface area contributed by atoms with Gasteiger partial charge in [0.2, 0.25) is 5.88 Å². The first-order chi connectivity index (χ1) is 9.43. The van der Waals surface area contributed by atoms with Crippen LogP contribution in [0.4, 0.5) is 5.82 Å². The molecular formula is C16H21N3O. The summed E-state index contributed by atoms with van der Waals surface area (Å²) in [5.74, 6) is 2.58. The summed E-state index contributed by atoms with van der Waals surface area (Å²) in [7, 11) is 0. The molecule has 0 aliphatic rings. The third-order valence-electron chi connectivity index (χ3n) is 3.57. The highest BCUT2D eigenvalue weighted by Crippen LogP contribution is 2.32. The molecule has 0 aliphatic carbocycles. The molecule has 0 bridgehead atoms. The van der Waals surface area contributed by atoms with Gasteiger partial charge in [-0.1, -0.05) is 19.1 Å². The average molecular weight is 271 g/mol. The van der Waals surface area contributed by atoms with E-state index in [0.29, 0.717) is 17.5 Å². The minimum Gasteiger partial charge on any atom is -0.438 e. The Labute approximate surface area is 120 Å². The summed E-state index contributed by atoms with van der Waals surface area (Å²) in [6.45, 7) is 10.0. The molecule has 106 valence electrons. The van der Waals surface area contributed by atoms with Gasteiger partial charge in [-0.3, -0.25) is 0 Å². The van der Waals surface area contributed by atoms with Gasteiger partial charge in [0.1, 0.15) is 17.4 Å². The summed E-state index contributed by atoms with van der Waals surface area (Å²) >= 11 is 0. The minimum absolute atomic E-state index is 0.481. The van der Waals surface area contributed by atoms with Crippen molar-refractivity contribution in [3.63, 3.8) is 0 Å². The van der Waals surface area contributed by atoms with E-state index in [0.717, 1.165) is 28.9 Å². The number of hydrogen-bond acceptors (Lipinski definition) is 4. The summed E-state index contributed by atoms with van der Waals surface area (Å²) < 4.78 is 6.04. The smallest absolute Gasteiger partial charge is 0.227 e. The first kappa shape index (κ1) is 14.3. The molecule has 2 N–H and O–H groups in total.